The van der Waals surface area contributed by atoms with Gasteiger partial charge in [0.05, 0.1) is 0 Å². The third-order valence-electron chi connectivity index (χ3n) is 2.31. The minimum absolute atomic E-state index is 0.0973. The van der Waals surface area contributed by atoms with Crippen molar-refractivity contribution in [2.75, 3.05) is 13.2 Å². The Morgan fingerprint density at radius 1 is 1.40 bits per heavy atom. The van der Waals surface area contributed by atoms with Crippen molar-refractivity contribution in [3.8, 4) is 5.75 Å². The Bertz CT molecular complexity index is 289. The molecule has 1 atom stereocenters. The lowest BCUT2D eigenvalue weighted by molar-refractivity contribution is 0.232. The highest BCUT2D eigenvalue weighted by molar-refractivity contribution is 5.33. The van der Waals surface area contributed by atoms with Crippen LogP contribution in [0.3, 0.4) is 0 Å². The Morgan fingerprint density at radius 3 is 2.80 bits per heavy atom. The van der Waals surface area contributed by atoms with Crippen molar-refractivity contribution in [2.45, 2.75) is 25.8 Å². The molecule has 1 unspecified atom stereocenters. The highest BCUT2D eigenvalue weighted by atomic mass is 16.5. The average Bonchev–Trinajstić information content (AvgIpc) is 2.27. The quantitative estimate of drug-likeness (QED) is 0.743. The van der Waals surface area contributed by atoms with Gasteiger partial charge in [0.2, 0.25) is 0 Å². The van der Waals surface area contributed by atoms with Gasteiger partial charge >= 0.3 is 0 Å². The van der Waals surface area contributed by atoms with Gasteiger partial charge in [0.15, 0.2) is 0 Å². The predicted octanol–water partition coefficient (Wildman–Crippen LogP) is 1.34. The van der Waals surface area contributed by atoms with Crippen LogP contribution in [0.15, 0.2) is 24.3 Å². The molecule has 0 aliphatic heterocycles. The van der Waals surface area contributed by atoms with Gasteiger partial charge in [0.25, 0.3) is 0 Å². The number of nitrogens with two attached hydrogens (primary N) is 1. The maximum atomic E-state index is 8.70. The number of para-hydroxylation sites is 1. The van der Waals surface area contributed by atoms with Gasteiger partial charge in [-0.1, -0.05) is 25.1 Å². The first-order valence-electron chi connectivity index (χ1n) is 5.35. The van der Waals surface area contributed by atoms with E-state index in [2.05, 4.69) is 6.92 Å². The Hall–Kier alpha value is -1.06. The highest BCUT2D eigenvalue weighted by Crippen LogP contribution is 2.18. The Kier molecular flexibility index (Phi) is 5.15. The van der Waals surface area contributed by atoms with Crippen molar-refractivity contribution < 1.29 is 9.84 Å². The van der Waals surface area contributed by atoms with Crippen molar-refractivity contribution in [1.82, 2.24) is 0 Å². The molecular weight excluding hydrogens is 190 g/mol. The highest BCUT2D eigenvalue weighted by Gasteiger charge is 2.05. The fraction of sp³-hybridized carbons (Fsp3) is 0.500. The normalized spacial score (nSPS) is 12.5. The molecule has 0 aromatic heterocycles. The molecule has 1 rings (SSSR count). The van der Waals surface area contributed by atoms with E-state index in [1.807, 2.05) is 24.3 Å². The molecule has 84 valence electrons. The van der Waals surface area contributed by atoms with Gasteiger partial charge in [-0.2, -0.15) is 0 Å². The van der Waals surface area contributed by atoms with E-state index in [1.54, 1.807) is 0 Å². The molecular formula is C12H19NO2. The number of ether oxygens (including phenoxy) is 1. The van der Waals surface area contributed by atoms with E-state index in [0.29, 0.717) is 13.0 Å². The molecule has 0 saturated heterocycles. The third-order valence-corrected chi connectivity index (χ3v) is 2.31. The zero-order chi connectivity index (χ0) is 11.1. The van der Waals surface area contributed by atoms with E-state index in [9.17, 15) is 0 Å². The van der Waals surface area contributed by atoms with Crippen LogP contribution in [0.1, 0.15) is 18.9 Å². The molecule has 3 heteroatoms. The smallest absolute Gasteiger partial charge is 0.122 e. The number of aliphatic hydroxyl groups is 1. The lowest BCUT2D eigenvalue weighted by atomic mass is 10.1. The minimum Gasteiger partial charge on any atom is -0.492 e. The second-order valence-corrected chi connectivity index (χ2v) is 3.54. The summed E-state index contributed by atoms with van der Waals surface area (Å²) in [6, 6.07) is 7.85. The second-order valence-electron chi connectivity index (χ2n) is 3.54. The molecule has 1 aromatic rings. The Balaban J connectivity index is 2.49. The van der Waals surface area contributed by atoms with Crippen LogP contribution in [0.25, 0.3) is 0 Å². The van der Waals surface area contributed by atoms with Gasteiger partial charge in [-0.05, 0) is 24.5 Å². The van der Waals surface area contributed by atoms with E-state index < -0.39 is 0 Å². The predicted molar refractivity (Wildman–Crippen MR) is 61.0 cm³/mol. The molecule has 0 amide bonds. The third kappa shape index (κ3) is 3.90. The van der Waals surface area contributed by atoms with Crippen molar-refractivity contribution in [3.63, 3.8) is 0 Å². The maximum Gasteiger partial charge on any atom is 0.122 e. The van der Waals surface area contributed by atoms with Crippen LogP contribution in [0, 0.1) is 0 Å². The first-order valence-corrected chi connectivity index (χ1v) is 5.35. The summed E-state index contributed by atoms with van der Waals surface area (Å²) in [7, 11) is 0. The summed E-state index contributed by atoms with van der Waals surface area (Å²) in [6.07, 6.45) is 1.53. The topological polar surface area (TPSA) is 55.5 Å². The number of benzene rings is 1. The van der Waals surface area contributed by atoms with E-state index in [-0.39, 0.29) is 12.6 Å². The van der Waals surface area contributed by atoms with Gasteiger partial charge < -0.3 is 15.6 Å². The molecule has 0 saturated carbocycles. The number of rotatable bonds is 6. The summed E-state index contributed by atoms with van der Waals surface area (Å²) >= 11 is 0. The Labute approximate surface area is 90.9 Å². The molecule has 1 aromatic carbocycles. The fourth-order valence-electron chi connectivity index (χ4n) is 1.38. The number of aryl methyl sites for hydroxylation is 1. The van der Waals surface area contributed by atoms with Crippen molar-refractivity contribution in [1.29, 1.82) is 0 Å². The molecule has 0 bridgehead atoms. The molecule has 15 heavy (non-hydrogen) atoms. The van der Waals surface area contributed by atoms with Crippen LogP contribution in [0.4, 0.5) is 0 Å². The lowest BCUT2D eigenvalue weighted by Crippen LogP contribution is -2.28. The van der Waals surface area contributed by atoms with Crippen molar-refractivity contribution in [3.05, 3.63) is 29.8 Å². The minimum atomic E-state index is -0.0973. The summed E-state index contributed by atoms with van der Waals surface area (Å²) in [5.74, 6) is 0.897. The molecule has 0 radical (unpaired) electrons. The van der Waals surface area contributed by atoms with Crippen molar-refractivity contribution >= 4 is 0 Å². The second kappa shape index (κ2) is 6.43. The molecule has 0 heterocycles. The molecule has 0 aliphatic rings. The van der Waals surface area contributed by atoms with Gasteiger partial charge in [-0.25, -0.2) is 0 Å². The van der Waals surface area contributed by atoms with Crippen molar-refractivity contribution in [2.24, 2.45) is 5.73 Å². The summed E-state index contributed by atoms with van der Waals surface area (Å²) in [4.78, 5) is 0. The molecule has 0 fully saturated rings. The Morgan fingerprint density at radius 2 is 2.13 bits per heavy atom. The zero-order valence-electron chi connectivity index (χ0n) is 9.15. The number of hydrogen-bond donors (Lipinski definition) is 2. The van der Waals surface area contributed by atoms with Gasteiger partial charge in [0.1, 0.15) is 12.4 Å². The SMILES string of the molecule is CCc1ccccc1OCC(N)CCO. The van der Waals surface area contributed by atoms with Crippen LogP contribution in [0.2, 0.25) is 0 Å². The number of hydrogen-bond acceptors (Lipinski definition) is 3. The first kappa shape index (κ1) is 12.0. The van der Waals surface area contributed by atoms with E-state index in [1.165, 1.54) is 5.56 Å². The van der Waals surface area contributed by atoms with E-state index in [0.717, 1.165) is 12.2 Å². The van der Waals surface area contributed by atoms with Crippen LogP contribution in [-0.4, -0.2) is 24.4 Å². The molecule has 0 spiro atoms. The number of aliphatic hydroxyl groups excluding tert-OH is 1. The largest absolute Gasteiger partial charge is 0.492 e. The summed E-state index contributed by atoms with van der Waals surface area (Å²) in [6.45, 7) is 2.66. The maximum absolute atomic E-state index is 8.70. The summed E-state index contributed by atoms with van der Waals surface area (Å²) < 4.78 is 5.61. The molecule has 3 nitrogen and oxygen atoms in total. The van der Waals surface area contributed by atoms with E-state index >= 15 is 0 Å². The molecule has 0 aliphatic carbocycles. The van der Waals surface area contributed by atoms with E-state index in [4.69, 9.17) is 15.6 Å². The average molecular weight is 209 g/mol. The van der Waals surface area contributed by atoms with Crippen LogP contribution < -0.4 is 10.5 Å². The summed E-state index contributed by atoms with van der Waals surface area (Å²) in [5, 5.41) is 8.70. The fourth-order valence-corrected chi connectivity index (χ4v) is 1.38. The summed E-state index contributed by atoms with van der Waals surface area (Å²) in [5.41, 5.74) is 6.93. The molecule has 3 N–H and O–H groups in total. The van der Waals surface area contributed by atoms with Crippen LogP contribution in [-0.2, 0) is 6.42 Å². The van der Waals surface area contributed by atoms with Gasteiger partial charge in [0, 0.05) is 12.6 Å². The van der Waals surface area contributed by atoms with Crippen LogP contribution >= 0.6 is 0 Å². The van der Waals surface area contributed by atoms with Gasteiger partial charge in [-0.3, -0.25) is 0 Å². The monoisotopic (exact) mass is 209 g/mol. The van der Waals surface area contributed by atoms with Crippen LogP contribution in [0.5, 0.6) is 5.75 Å². The zero-order valence-corrected chi connectivity index (χ0v) is 9.15. The lowest BCUT2D eigenvalue weighted by Gasteiger charge is -2.14. The first-order chi connectivity index (χ1) is 7.27. The standard InChI is InChI=1S/C12H19NO2/c1-2-10-5-3-4-6-12(10)15-9-11(13)7-8-14/h3-6,11,14H,2,7-9,13H2,1H3. The van der Waals surface area contributed by atoms with Gasteiger partial charge in [-0.15, -0.1) is 0 Å².